The average molecular weight is 397 g/mol. The first-order valence-corrected chi connectivity index (χ1v) is 9.64. The van der Waals surface area contributed by atoms with Crippen molar-refractivity contribution in [1.82, 2.24) is 10.1 Å². The Balaban J connectivity index is 1.41. The number of rotatable bonds is 5. The van der Waals surface area contributed by atoms with Crippen LogP contribution in [0.5, 0.6) is 5.75 Å². The molecule has 0 spiro atoms. The van der Waals surface area contributed by atoms with Gasteiger partial charge in [-0.1, -0.05) is 47.1 Å². The van der Waals surface area contributed by atoms with Crippen LogP contribution in [0.3, 0.4) is 0 Å². The van der Waals surface area contributed by atoms with E-state index in [1.807, 2.05) is 53.4 Å². The molecule has 0 bridgehead atoms. The van der Waals surface area contributed by atoms with E-state index in [1.165, 1.54) is 0 Å². The summed E-state index contributed by atoms with van der Waals surface area (Å²) in [6.45, 7) is 1.32. The van der Waals surface area contributed by atoms with Gasteiger partial charge >= 0.3 is 0 Å². The van der Waals surface area contributed by atoms with Gasteiger partial charge in [-0.3, -0.25) is 4.79 Å². The van der Waals surface area contributed by atoms with Crippen LogP contribution in [0.15, 0.2) is 59.1 Å². The number of aromatic nitrogens is 1. The normalized spacial score (nSPS) is 16.4. The molecule has 1 saturated heterocycles. The quantitative estimate of drug-likeness (QED) is 0.634. The molecule has 1 atom stereocenters. The van der Waals surface area contributed by atoms with Crippen molar-refractivity contribution in [1.29, 1.82) is 0 Å². The minimum absolute atomic E-state index is 0.122. The average Bonchev–Trinajstić information content (AvgIpc) is 3.38. The Kier molecular flexibility index (Phi) is 5.35. The van der Waals surface area contributed by atoms with E-state index in [1.54, 1.807) is 13.2 Å². The van der Waals surface area contributed by atoms with Gasteiger partial charge in [-0.05, 0) is 35.7 Å². The number of nitrogens with zero attached hydrogens (tertiary/aromatic N) is 2. The van der Waals surface area contributed by atoms with Crippen LogP contribution < -0.4 is 4.74 Å². The van der Waals surface area contributed by atoms with Crippen molar-refractivity contribution >= 4 is 17.5 Å². The number of halogens is 1. The molecule has 1 fully saturated rings. The highest BCUT2D eigenvalue weighted by Crippen LogP contribution is 2.32. The standard InChI is InChI=1S/C22H21ClN2O3/c1-27-18-8-6-15(7-9-18)12-17-13-21(28-24-17)22(26)25-11-10-16(14-25)19-4-2-3-5-20(19)23/h2-9,13,16H,10-12,14H2,1H3. The third kappa shape index (κ3) is 3.90. The lowest BCUT2D eigenvalue weighted by molar-refractivity contribution is 0.0749. The molecule has 28 heavy (non-hydrogen) atoms. The van der Waals surface area contributed by atoms with Crippen LogP contribution in [0.25, 0.3) is 0 Å². The van der Waals surface area contributed by atoms with E-state index in [4.69, 9.17) is 20.9 Å². The van der Waals surface area contributed by atoms with Gasteiger partial charge in [0.1, 0.15) is 5.75 Å². The summed E-state index contributed by atoms with van der Waals surface area (Å²) in [7, 11) is 1.64. The van der Waals surface area contributed by atoms with Gasteiger partial charge in [-0.2, -0.15) is 0 Å². The van der Waals surface area contributed by atoms with Crippen molar-refractivity contribution < 1.29 is 14.1 Å². The van der Waals surface area contributed by atoms with Crippen molar-refractivity contribution in [3.05, 3.63) is 82.2 Å². The summed E-state index contributed by atoms with van der Waals surface area (Å²) in [4.78, 5) is 14.6. The number of likely N-dealkylation sites (tertiary alicyclic amines) is 1. The number of amides is 1. The van der Waals surface area contributed by atoms with Crippen molar-refractivity contribution in [2.75, 3.05) is 20.2 Å². The number of carbonyl (C=O) groups excluding carboxylic acids is 1. The Labute approximate surface area is 168 Å². The van der Waals surface area contributed by atoms with E-state index >= 15 is 0 Å². The fourth-order valence-electron chi connectivity index (χ4n) is 3.61. The fourth-order valence-corrected chi connectivity index (χ4v) is 3.90. The van der Waals surface area contributed by atoms with Gasteiger partial charge in [-0.15, -0.1) is 0 Å². The molecule has 144 valence electrons. The van der Waals surface area contributed by atoms with Crippen LogP contribution in [0.4, 0.5) is 0 Å². The summed E-state index contributed by atoms with van der Waals surface area (Å²) in [6.07, 6.45) is 1.49. The minimum atomic E-state index is -0.122. The van der Waals surface area contributed by atoms with Crippen molar-refractivity contribution in [2.24, 2.45) is 0 Å². The van der Waals surface area contributed by atoms with Gasteiger partial charge in [0.25, 0.3) is 5.91 Å². The van der Waals surface area contributed by atoms with Gasteiger partial charge in [-0.25, -0.2) is 0 Å². The largest absolute Gasteiger partial charge is 0.497 e. The molecule has 1 aliphatic rings. The molecule has 0 N–H and O–H groups in total. The molecule has 4 rings (SSSR count). The molecule has 0 radical (unpaired) electrons. The molecule has 2 heterocycles. The zero-order chi connectivity index (χ0) is 19.5. The zero-order valence-electron chi connectivity index (χ0n) is 15.6. The predicted molar refractivity (Wildman–Crippen MR) is 107 cm³/mol. The lowest BCUT2D eigenvalue weighted by atomic mass is 9.98. The van der Waals surface area contributed by atoms with Gasteiger partial charge in [0.05, 0.1) is 12.8 Å². The number of hydrogen-bond donors (Lipinski definition) is 0. The maximum atomic E-state index is 12.8. The number of ether oxygens (including phenoxy) is 1. The van der Waals surface area contributed by atoms with E-state index < -0.39 is 0 Å². The summed E-state index contributed by atoms with van der Waals surface area (Å²) in [5.41, 5.74) is 2.90. The molecule has 2 aromatic carbocycles. The molecule has 1 aromatic heterocycles. The highest BCUT2D eigenvalue weighted by molar-refractivity contribution is 6.31. The van der Waals surface area contributed by atoms with Gasteiger partial charge in [0.2, 0.25) is 5.76 Å². The van der Waals surface area contributed by atoms with Crippen LogP contribution in [0, 0.1) is 0 Å². The van der Waals surface area contributed by atoms with Crippen molar-refractivity contribution in [3.63, 3.8) is 0 Å². The summed E-state index contributed by atoms with van der Waals surface area (Å²) >= 11 is 6.31. The zero-order valence-corrected chi connectivity index (χ0v) is 16.4. The topological polar surface area (TPSA) is 55.6 Å². The van der Waals surface area contributed by atoms with Crippen LogP contribution in [-0.2, 0) is 6.42 Å². The fraction of sp³-hybridized carbons (Fsp3) is 0.273. The van der Waals surface area contributed by atoms with Gasteiger partial charge in [0.15, 0.2) is 0 Å². The molecule has 1 aliphatic heterocycles. The maximum absolute atomic E-state index is 12.8. The highest BCUT2D eigenvalue weighted by atomic mass is 35.5. The Morgan fingerprint density at radius 2 is 2.04 bits per heavy atom. The number of hydrogen-bond acceptors (Lipinski definition) is 4. The first-order chi connectivity index (χ1) is 13.6. The first kappa shape index (κ1) is 18.6. The van der Waals surface area contributed by atoms with Gasteiger partial charge in [0, 0.05) is 36.5 Å². The monoisotopic (exact) mass is 396 g/mol. The summed E-state index contributed by atoms with van der Waals surface area (Å²) < 4.78 is 10.5. The number of methoxy groups -OCH3 is 1. The molecule has 5 nitrogen and oxygen atoms in total. The molecule has 0 saturated carbocycles. The molecule has 1 unspecified atom stereocenters. The Morgan fingerprint density at radius 3 is 2.79 bits per heavy atom. The number of benzene rings is 2. The Hall–Kier alpha value is -2.79. The third-order valence-corrected chi connectivity index (χ3v) is 5.48. The SMILES string of the molecule is COc1ccc(Cc2cc(C(=O)N3CCC(c4ccccc4Cl)C3)on2)cc1. The molecular formula is C22H21ClN2O3. The Morgan fingerprint density at radius 1 is 1.25 bits per heavy atom. The van der Waals surface area contributed by atoms with E-state index in [0.717, 1.165) is 34.0 Å². The molecule has 0 aliphatic carbocycles. The van der Waals surface area contributed by atoms with E-state index in [2.05, 4.69) is 5.16 Å². The van der Waals surface area contributed by atoms with Crippen LogP contribution in [-0.4, -0.2) is 36.2 Å². The van der Waals surface area contributed by atoms with Crippen molar-refractivity contribution in [3.8, 4) is 5.75 Å². The van der Waals surface area contributed by atoms with Crippen LogP contribution >= 0.6 is 11.6 Å². The maximum Gasteiger partial charge on any atom is 0.292 e. The molecular weight excluding hydrogens is 376 g/mol. The molecule has 6 heteroatoms. The van der Waals surface area contributed by atoms with E-state index in [9.17, 15) is 4.79 Å². The molecule has 3 aromatic rings. The second kappa shape index (κ2) is 8.07. The third-order valence-electron chi connectivity index (χ3n) is 5.13. The summed E-state index contributed by atoms with van der Waals surface area (Å²) in [5, 5.41) is 4.82. The van der Waals surface area contributed by atoms with Crippen LogP contribution in [0.1, 0.15) is 39.7 Å². The second-order valence-electron chi connectivity index (χ2n) is 6.97. The van der Waals surface area contributed by atoms with E-state index in [0.29, 0.717) is 19.5 Å². The molecule has 1 amide bonds. The van der Waals surface area contributed by atoms with Gasteiger partial charge < -0.3 is 14.2 Å². The first-order valence-electron chi connectivity index (χ1n) is 9.26. The summed E-state index contributed by atoms with van der Waals surface area (Å²) in [6, 6.07) is 17.3. The minimum Gasteiger partial charge on any atom is -0.497 e. The second-order valence-corrected chi connectivity index (χ2v) is 7.37. The van der Waals surface area contributed by atoms with Crippen LogP contribution in [0.2, 0.25) is 5.02 Å². The summed E-state index contributed by atoms with van der Waals surface area (Å²) in [5.74, 6) is 1.22. The lowest BCUT2D eigenvalue weighted by Gasteiger charge is -2.15. The number of carbonyl (C=O) groups is 1. The Bertz CT molecular complexity index is 968. The van der Waals surface area contributed by atoms with Crippen molar-refractivity contribution in [2.45, 2.75) is 18.8 Å². The lowest BCUT2D eigenvalue weighted by Crippen LogP contribution is -2.28. The van der Waals surface area contributed by atoms with E-state index in [-0.39, 0.29) is 17.6 Å². The highest BCUT2D eigenvalue weighted by Gasteiger charge is 2.30. The smallest absolute Gasteiger partial charge is 0.292 e. The predicted octanol–water partition coefficient (Wildman–Crippen LogP) is 4.56.